The fourth-order valence-corrected chi connectivity index (χ4v) is 3.74. The molecule has 0 aliphatic carbocycles. The van der Waals surface area contributed by atoms with Crippen LogP contribution in [0.25, 0.3) is 6.08 Å². The summed E-state index contributed by atoms with van der Waals surface area (Å²) in [7, 11) is 0. The Hall–Kier alpha value is -1.39. The third-order valence-electron chi connectivity index (χ3n) is 4.59. The van der Waals surface area contributed by atoms with E-state index in [0.717, 1.165) is 37.2 Å². The summed E-state index contributed by atoms with van der Waals surface area (Å²) in [6.07, 6.45) is 3.80. The van der Waals surface area contributed by atoms with Gasteiger partial charge in [-0.15, -0.1) is 0 Å². The van der Waals surface area contributed by atoms with Gasteiger partial charge in [0, 0.05) is 18.8 Å². The van der Waals surface area contributed by atoms with Gasteiger partial charge in [0.2, 0.25) is 0 Å². The largest absolute Gasteiger partial charge is 0.490 e. The maximum absolute atomic E-state index is 10.5. The van der Waals surface area contributed by atoms with Crippen LogP contribution >= 0.6 is 11.6 Å². The Morgan fingerprint density at radius 1 is 1.22 bits per heavy atom. The standard InChI is InChI=1S/C18H24ClNO3/c1-3-22-16-11-12(9-14(19)18(16)23-4-2)10-15-17(21)13-5-7-20(15)8-6-13/h9-11,13,17,21H,3-8H2,1-2H3/b15-10-/t17-/m0/s1. The molecule has 3 aliphatic heterocycles. The minimum Gasteiger partial charge on any atom is -0.490 e. The minimum absolute atomic E-state index is 0.376. The Kier molecular flexibility index (Phi) is 5.02. The van der Waals surface area contributed by atoms with Crippen LogP contribution in [0.15, 0.2) is 17.8 Å². The average Bonchev–Trinajstić information content (AvgIpc) is 2.55. The number of ether oxygens (including phenoxy) is 2. The smallest absolute Gasteiger partial charge is 0.179 e. The highest BCUT2D eigenvalue weighted by atomic mass is 35.5. The molecule has 23 heavy (non-hydrogen) atoms. The number of nitrogens with zero attached hydrogens (tertiary/aromatic N) is 1. The molecular formula is C18H24ClNO3. The van der Waals surface area contributed by atoms with E-state index < -0.39 is 0 Å². The van der Waals surface area contributed by atoms with Gasteiger partial charge in [-0.2, -0.15) is 0 Å². The normalized spacial score (nSPS) is 25.0. The quantitative estimate of drug-likeness (QED) is 0.892. The van der Waals surface area contributed by atoms with Crippen LogP contribution in [-0.4, -0.2) is 42.4 Å². The molecule has 126 valence electrons. The number of fused-ring (bicyclic) bond motifs is 3. The van der Waals surface area contributed by atoms with Gasteiger partial charge >= 0.3 is 0 Å². The Bertz CT molecular complexity index is 590. The lowest BCUT2D eigenvalue weighted by Crippen LogP contribution is -2.48. The molecule has 0 aromatic heterocycles. The van der Waals surface area contributed by atoms with Crippen molar-refractivity contribution in [2.45, 2.75) is 32.8 Å². The Labute approximate surface area is 142 Å². The molecular weight excluding hydrogens is 314 g/mol. The second kappa shape index (κ2) is 7.02. The van der Waals surface area contributed by atoms with Crippen molar-refractivity contribution in [1.82, 2.24) is 4.90 Å². The van der Waals surface area contributed by atoms with Crippen molar-refractivity contribution in [2.24, 2.45) is 5.92 Å². The van der Waals surface area contributed by atoms with E-state index in [0.29, 0.717) is 35.7 Å². The molecule has 3 heterocycles. The molecule has 0 spiro atoms. The molecule has 3 fully saturated rings. The van der Waals surface area contributed by atoms with E-state index in [1.165, 1.54) is 0 Å². The molecule has 3 saturated heterocycles. The first kappa shape index (κ1) is 16.5. The predicted molar refractivity (Wildman–Crippen MR) is 92.1 cm³/mol. The third kappa shape index (κ3) is 3.29. The van der Waals surface area contributed by atoms with Crippen LogP contribution in [0.2, 0.25) is 5.02 Å². The van der Waals surface area contributed by atoms with Crippen LogP contribution in [-0.2, 0) is 0 Å². The lowest BCUT2D eigenvalue weighted by molar-refractivity contribution is 0.0215. The second-order valence-corrected chi connectivity index (χ2v) is 6.44. The van der Waals surface area contributed by atoms with E-state index in [1.54, 1.807) is 0 Å². The fourth-order valence-electron chi connectivity index (χ4n) is 3.47. The number of aliphatic hydroxyl groups excluding tert-OH is 1. The lowest BCUT2D eigenvalue weighted by Gasteiger charge is -2.46. The molecule has 1 aromatic rings. The van der Waals surface area contributed by atoms with E-state index in [-0.39, 0.29) is 6.10 Å². The SMILES string of the molecule is CCOc1cc(/C=C2/[C@@H](O)C3CCN2CC3)cc(Cl)c1OCC. The van der Waals surface area contributed by atoms with E-state index in [4.69, 9.17) is 21.1 Å². The first-order valence-corrected chi connectivity index (χ1v) is 8.75. The van der Waals surface area contributed by atoms with Crippen molar-refractivity contribution in [1.29, 1.82) is 0 Å². The molecule has 0 saturated carbocycles. The predicted octanol–water partition coefficient (Wildman–Crippen LogP) is 3.56. The van der Waals surface area contributed by atoms with E-state index in [2.05, 4.69) is 4.90 Å². The molecule has 2 bridgehead atoms. The van der Waals surface area contributed by atoms with Gasteiger partial charge in [-0.25, -0.2) is 0 Å². The van der Waals surface area contributed by atoms with Crippen LogP contribution in [0.4, 0.5) is 0 Å². The van der Waals surface area contributed by atoms with Crippen LogP contribution < -0.4 is 9.47 Å². The summed E-state index contributed by atoms with van der Waals surface area (Å²) in [6, 6.07) is 3.81. The summed E-state index contributed by atoms with van der Waals surface area (Å²) in [5.41, 5.74) is 1.93. The van der Waals surface area contributed by atoms with Crippen LogP contribution in [0.5, 0.6) is 11.5 Å². The van der Waals surface area contributed by atoms with Crippen LogP contribution in [0.3, 0.4) is 0 Å². The third-order valence-corrected chi connectivity index (χ3v) is 4.87. The molecule has 0 unspecified atom stereocenters. The minimum atomic E-state index is -0.376. The number of halogens is 1. The van der Waals surface area contributed by atoms with Crippen molar-refractivity contribution < 1.29 is 14.6 Å². The van der Waals surface area contributed by atoms with Gasteiger partial charge in [-0.05, 0) is 56.4 Å². The summed E-state index contributed by atoms with van der Waals surface area (Å²) in [5, 5.41) is 11.0. The number of hydrogen-bond donors (Lipinski definition) is 1. The summed E-state index contributed by atoms with van der Waals surface area (Å²) < 4.78 is 11.3. The van der Waals surface area contributed by atoms with Crippen molar-refractivity contribution in [3.05, 3.63) is 28.4 Å². The molecule has 4 nitrogen and oxygen atoms in total. The van der Waals surface area contributed by atoms with Crippen LogP contribution in [0.1, 0.15) is 32.3 Å². The number of hydrogen-bond acceptors (Lipinski definition) is 4. The van der Waals surface area contributed by atoms with Gasteiger partial charge in [0.25, 0.3) is 0 Å². The van der Waals surface area contributed by atoms with Gasteiger partial charge in [-0.3, -0.25) is 0 Å². The van der Waals surface area contributed by atoms with Gasteiger partial charge < -0.3 is 19.5 Å². The van der Waals surface area contributed by atoms with E-state index in [9.17, 15) is 5.11 Å². The van der Waals surface area contributed by atoms with Gasteiger partial charge in [0.15, 0.2) is 11.5 Å². The van der Waals surface area contributed by atoms with E-state index in [1.807, 2.05) is 32.1 Å². The summed E-state index contributed by atoms with van der Waals surface area (Å²) >= 11 is 6.37. The molecule has 4 rings (SSSR count). The Balaban J connectivity index is 1.95. The summed E-state index contributed by atoms with van der Waals surface area (Å²) in [4.78, 5) is 2.27. The zero-order valence-electron chi connectivity index (χ0n) is 13.7. The van der Waals surface area contributed by atoms with Crippen molar-refractivity contribution >= 4 is 17.7 Å². The Morgan fingerprint density at radius 3 is 2.52 bits per heavy atom. The average molecular weight is 338 g/mol. The first-order chi connectivity index (χ1) is 11.1. The maximum atomic E-state index is 10.5. The summed E-state index contributed by atoms with van der Waals surface area (Å²) in [6.45, 7) is 6.99. The number of aliphatic hydroxyl groups is 1. The van der Waals surface area contributed by atoms with Gasteiger partial charge in [-0.1, -0.05) is 11.6 Å². The fraction of sp³-hybridized carbons (Fsp3) is 0.556. The van der Waals surface area contributed by atoms with Crippen molar-refractivity contribution in [2.75, 3.05) is 26.3 Å². The number of benzene rings is 1. The van der Waals surface area contributed by atoms with Gasteiger partial charge in [0.1, 0.15) is 0 Å². The Morgan fingerprint density at radius 2 is 1.91 bits per heavy atom. The summed E-state index contributed by atoms with van der Waals surface area (Å²) in [5.74, 6) is 1.62. The molecule has 3 aliphatic rings. The van der Waals surface area contributed by atoms with Crippen molar-refractivity contribution in [3.8, 4) is 11.5 Å². The zero-order valence-corrected chi connectivity index (χ0v) is 14.5. The number of piperidine rings is 3. The molecule has 0 amide bonds. The van der Waals surface area contributed by atoms with Gasteiger partial charge in [0.05, 0.1) is 24.3 Å². The molecule has 0 radical (unpaired) electrons. The highest BCUT2D eigenvalue weighted by Crippen LogP contribution is 2.39. The molecule has 1 atom stereocenters. The molecule has 5 heteroatoms. The maximum Gasteiger partial charge on any atom is 0.179 e. The van der Waals surface area contributed by atoms with Crippen LogP contribution in [0, 0.1) is 5.92 Å². The lowest BCUT2D eigenvalue weighted by atomic mass is 9.83. The highest BCUT2D eigenvalue weighted by molar-refractivity contribution is 6.32. The molecule has 1 aromatic carbocycles. The van der Waals surface area contributed by atoms with E-state index >= 15 is 0 Å². The van der Waals surface area contributed by atoms with Crippen molar-refractivity contribution in [3.63, 3.8) is 0 Å². The monoisotopic (exact) mass is 337 g/mol. The molecule has 1 N–H and O–H groups in total. The topological polar surface area (TPSA) is 41.9 Å². The zero-order chi connectivity index (χ0) is 16.4. The first-order valence-electron chi connectivity index (χ1n) is 8.37. The highest BCUT2D eigenvalue weighted by Gasteiger charge is 2.36. The number of rotatable bonds is 5. The second-order valence-electron chi connectivity index (χ2n) is 6.03.